The maximum atomic E-state index is 9.32. The Kier molecular flexibility index (Phi) is 3.37. The van der Waals surface area contributed by atoms with Crippen molar-refractivity contribution >= 4 is 11.4 Å². The number of rotatable bonds is 2. The third-order valence-electron chi connectivity index (χ3n) is 3.71. The molecule has 1 fully saturated rings. The molecule has 0 spiro atoms. The Balaban J connectivity index is 1.64. The van der Waals surface area contributed by atoms with Crippen molar-refractivity contribution in [3.05, 3.63) is 48.5 Å². The van der Waals surface area contributed by atoms with Crippen LogP contribution >= 0.6 is 0 Å². The van der Waals surface area contributed by atoms with Gasteiger partial charge in [0.15, 0.2) is 0 Å². The van der Waals surface area contributed by atoms with E-state index in [-0.39, 0.29) is 0 Å². The zero-order valence-corrected chi connectivity index (χ0v) is 11.2. The van der Waals surface area contributed by atoms with Gasteiger partial charge in [-0.2, -0.15) is 0 Å². The number of phenolic OH excluding ortho intramolecular Hbond substituents is 2. The summed E-state index contributed by atoms with van der Waals surface area (Å²) in [7, 11) is 0. The molecule has 0 saturated carbocycles. The number of phenols is 2. The van der Waals surface area contributed by atoms with Crippen LogP contribution < -0.4 is 9.80 Å². The van der Waals surface area contributed by atoms with Crippen LogP contribution in [0.2, 0.25) is 0 Å². The van der Waals surface area contributed by atoms with E-state index in [9.17, 15) is 10.2 Å². The number of hydrogen-bond donors (Lipinski definition) is 2. The predicted octanol–water partition coefficient (Wildman–Crippen LogP) is 2.42. The van der Waals surface area contributed by atoms with Crippen LogP contribution in [0.25, 0.3) is 0 Å². The summed E-state index contributed by atoms with van der Waals surface area (Å²) < 4.78 is 0. The number of nitrogens with zero attached hydrogens (tertiary/aromatic N) is 2. The lowest BCUT2D eigenvalue weighted by Gasteiger charge is -2.37. The molecule has 2 N–H and O–H groups in total. The van der Waals surface area contributed by atoms with Gasteiger partial charge in [0.25, 0.3) is 0 Å². The molecule has 0 atom stereocenters. The second-order valence-corrected chi connectivity index (χ2v) is 5.01. The van der Waals surface area contributed by atoms with Crippen molar-refractivity contribution in [1.82, 2.24) is 0 Å². The summed E-state index contributed by atoms with van der Waals surface area (Å²) in [5.41, 5.74) is 2.29. The second kappa shape index (κ2) is 5.33. The van der Waals surface area contributed by atoms with Crippen LogP contribution in [0.15, 0.2) is 48.5 Å². The molecule has 1 aliphatic heterocycles. The number of hydrogen-bond acceptors (Lipinski definition) is 4. The number of anilines is 2. The number of aromatic hydroxyl groups is 2. The van der Waals surface area contributed by atoms with Gasteiger partial charge in [-0.05, 0) is 48.5 Å². The summed E-state index contributed by atoms with van der Waals surface area (Å²) in [6, 6.07) is 14.7. The highest BCUT2D eigenvalue weighted by Crippen LogP contribution is 2.23. The molecule has 0 amide bonds. The van der Waals surface area contributed by atoms with E-state index in [4.69, 9.17) is 0 Å². The van der Waals surface area contributed by atoms with Gasteiger partial charge < -0.3 is 20.0 Å². The highest BCUT2D eigenvalue weighted by atomic mass is 16.3. The minimum Gasteiger partial charge on any atom is -0.508 e. The van der Waals surface area contributed by atoms with Crippen LogP contribution in [0.3, 0.4) is 0 Å². The smallest absolute Gasteiger partial charge is 0.115 e. The molecule has 1 heterocycles. The van der Waals surface area contributed by atoms with Gasteiger partial charge in [-0.15, -0.1) is 0 Å². The van der Waals surface area contributed by atoms with Crippen LogP contribution in [0, 0.1) is 0 Å². The Morgan fingerprint density at radius 1 is 0.550 bits per heavy atom. The SMILES string of the molecule is Oc1ccc(N2CCN(c3ccc(O)cc3)CC2)cc1. The first-order chi connectivity index (χ1) is 9.72. The molecule has 1 saturated heterocycles. The highest BCUT2D eigenvalue weighted by molar-refractivity contribution is 5.53. The van der Waals surface area contributed by atoms with E-state index in [1.807, 2.05) is 24.3 Å². The van der Waals surface area contributed by atoms with Gasteiger partial charge in [0, 0.05) is 37.6 Å². The Labute approximate surface area is 118 Å². The summed E-state index contributed by atoms with van der Waals surface area (Å²) in [6.45, 7) is 3.80. The Hall–Kier alpha value is -2.36. The molecule has 0 aliphatic carbocycles. The quantitative estimate of drug-likeness (QED) is 0.880. The molecule has 0 bridgehead atoms. The van der Waals surface area contributed by atoms with E-state index in [0.29, 0.717) is 11.5 Å². The van der Waals surface area contributed by atoms with E-state index in [1.165, 1.54) is 0 Å². The van der Waals surface area contributed by atoms with Crippen molar-refractivity contribution in [1.29, 1.82) is 0 Å². The summed E-state index contributed by atoms with van der Waals surface area (Å²) in [6.07, 6.45) is 0. The molecule has 2 aromatic carbocycles. The molecule has 104 valence electrons. The van der Waals surface area contributed by atoms with Crippen LogP contribution in [-0.2, 0) is 0 Å². The zero-order valence-electron chi connectivity index (χ0n) is 11.2. The summed E-state index contributed by atoms with van der Waals surface area (Å²) >= 11 is 0. The van der Waals surface area contributed by atoms with Crippen LogP contribution in [0.4, 0.5) is 11.4 Å². The Morgan fingerprint density at radius 2 is 0.850 bits per heavy atom. The average Bonchev–Trinajstić information content (AvgIpc) is 2.49. The minimum atomic E-state index is 0.302. The fourth-order valence-corrected chi connectivity index (χ4v) is 2.55. The fourth-order valence-electron chi connectivity index (χ4n) is 2.55. The molecule has 0 aromatic heterocycles. The van der Waals surface area contributed by atoms with Gasteiger partial charge >= 0.3 is 0 Å². The molecular formula is C16H18N2O2. The van der Waals surface area contributed by atoms with Gasteiger partial charge in [-0.25, -0.2) is 0 Å². The lowest BCUT2D eigenvalue weighted by Crippen LogP contribution is -2.46. The van der Waals surface area contributed by atoms with Crippen molar-refractivity contribution in [2.75, 3.05) is 36.0 Å². The molecule has 0 unspecified atom stereocenters. The first-order valence-electron chi connectivity index (χ1n) is 6.80. The van der Waals surface area contributed by atoms with Gasteiger partial charge in [-0.3, -0.25) is 0 Å². The van der Waals surface area contributed by atoms with E-state index >= 15 is 0 Å². The first kappa shape index (κ1) is 12.7. The van der Waals surface area contributed by atoms with Gasteiger partial charge in [0.2, 0.25) is 0 Å². The maximum Gasteiger partial charge on any atom is 0.115 e. The topological polar surface area (TPSA) is 46.9 Å². The van der Waals surface area contributed by atoms with Gasteiger partial charge in [-0.1, -0.05) is 0 Å². The van der Waals surface area contributed by atoms with Crippen LogP contribution in [-0.4, -0.2) is 36.4 Å². The van der Waals surface area contributed by atoms with Crippen LogP contribution in [0.1, 0.15) is 0 Å². The second-order valence-electron chi connectivity index (χ2n) is 5.01. The Bertz CT molecular complexity index is 505. The van der Waals surface area contributed by atoms with Crippen molar-refractivity contribution in [2.24, 2.45) is 0 Å². The van der Waals surface area contributed by atoms with Gasteiger partial charge in [0.1, 0.15) is 11.5 Å². The minimum absolute atomic E-state index is 0.302. The number of benzene rings is 2. The lowest BCUT2D eigenvalue weighted by atomic mass is 10.2. The van der Waals surface area contributed by atoms with E-state index in [1.54, 1.807) is 24.3 Å². The first-order valence-corrected chi connectivity index (χ1v) is 6.80. The lowest BCUT2D eigenvalue weighted by molar-refractivity contribution is 0.474. The summed E-state index contributed by atoms with van der Waals surface area (Å²) in [5, 5.41) is 18.6. The highest BCUT2D eigenvalue weighted by Gasteiger charge is 2.17. The molecule has 4 nitrogen and oxygen atoms in total. The zero-order chi connectivity index (χ0) is 13.9. The monoisotopic (exact) mass is 270 g/mol. The predicted molar refractivity (Wildman–Crippen MR) is 80.6 cm³/mol. The third-order valence-corrected chi connectivity index (χ3v) is 3.71. The average molecular weight is 270 g/mol. The molecule has 20 heavy (non-hydrogen) atoms. The third kappa shape index (κ3) is 2.64. The molecular weight excluding hydrogens is 252 g/mol. The standard InChI is InChI=1S/C16H18N2O2/c19-15-5-1-13(2-6-15)17-9-11-18(12-10-17)14-3-7-16(20)8-4-14/h1-8,19-20H,9-12H2. The number of piperazine rings is 1. The normalized spacial score (nSPS) is 15.4. The molecule has 0 radical (unpaired) electrons. The summed E-state index contributed by atoms with van der Waals surface area (Å²) in [4.78, 5) is 4.63. The maximum absolute atomic E-state index is 9.32. The largest absolute Gasteiger partial charge is 0.508 e. The van der Waals surface area contributed by atoms with Crippen molar-refractivity contribution < 1.29 is 10.2 Å². The van der Waals surface area contributed by atoms with Crippen LogP contribution in [0.5, 0.6) is 11.5 Å². The molecule has 3 rings (SSSR count). The molecule has 2 aromatic rings. The van der Waals surface area contributed by atoms with Gasteiger partial charge in [0.05, 0.1) is 0 Å². The fraction of sp³-hybridized carbons (Fsp3) is 0.250. The van der Waals surface area contributed by atoms with E-state index in [0.717, 1.165) is 37.6 Å². The van der Waals surface area contributed by atoms with E-state index in [2.05, 4.69) is 9.80 Å². The molecule has 4 heteroatoms. The van der Waals surface area contributed by atoms with E-state index < -0.39 is 0 Å². The van der Waals surface area contributed by atoms with Crippen molar-refractivity contribution in [3.8, 4) is 11.5 Å². The van der Waals surface area contributed by atoms with Crippen molar-refractivity contribution in [2.45, 2.75) is 0 Å². The van der Waals surface area contributed by atoms with Crippen molar-refractivity contribution in [3.63, 3.8) is 0 Å². The summed E-state index contributed by atoms with van der Waals surface area (Å²) in [5.74, 6) is 0.605. The Morgan fingerprint density at radius 3 is 1.15 bits per heavy atom. The molecule has 1 aliphatic rings.